The number of aliphatic hydroxyl groups excluding tert-OH is 1. The molecule has 0 saturated heterocycles. The highest BCUT2D eigenvalue weighted by Gasteiger charge is 2.30. The molecule has 1 aliphatic carbocycles. The number of hydrogen-bond acceptors (Lipinski definition) is 2. The Bertz CT molecular complexity index is 455. The summed E-state index contributed by atoms with van der Waals surface area (Å²) >= 11 is 11.9. The molecule has 1 heterocycles. The largest absolute Gasteiger partial charge is 0.395 e. The van der Waals surface area contributed by atoms with Crippen LogP contribution in [0.2, 0.25) is 10.2 Å². The Morgan fingerprint density at radius 1 is 1.56 bits per heavy atom. The molecule has 1 aromatic rings. The molecule has 0 atom stereocenters. The van der Waals surface area contributed by atoms with Crippen molar-refractivity contribution < 1.29 is 9.90 Å². The minimum absolute atomic E-state index is 0.0336. The van der Waals surface area contributed by atoms with E-state index in [0.717, 1.165) is 19.3 Å². The zero-order chi connectivity index (χ0) is 13.3. The second-order valence-electron chi connectivity index (χ2n) is 4.53. The molecule has 0 bridgehead atoms. The SMILES string of the molecule is Cn1c(C(=O)N(CCO)C2CCC2)cc(Cl)c1Cl. The monoisotopic (exact) mass is 290 g/mol. The van der Waals surface area contributed by atoms with Gasteiger partial charge in [-0.05, 0) is 25.3 Å². The molecule has 18 heavy (non-hydrogen) atoms. The summed E-state index contributed by atoms with van der Waals surface area (Å²) in [4.78, 5) is 14.1. The average molecular weight is 291 g/mol. The zero-order valence-corrected chi connectivity index (χ0v) is 11.7. The molecule has 0 unspecified atom stereocenters. The van der Waals surface area contributed by atoms with Crippen LogP contribution in [0.15, 0.2) is 6.07 Å². The molecule has 1 saturated carbocycles. The van der Waals surface area contributed by atoms with Crippen molar-refractivity contribution in [3.63, 3.8) is 0 Å². The molecule has 6 heteroatoms. The maximum atomic E-state index is 12.4. The Morgan fingerprint density at radius 2 is 2.22 bits per heavy atom. The molecule has 1 aliphatic rings. The van der Waals surface area contributed by atoms with Gasteiger partial charge in [-0.1, -0.05) is 23.2 Å². The number of hydrogen-bond donors (Lipinski definition) is 1. The number of rotatable bonds is 4. The summed E-state index contributed by atoms with van der Waals surface area (Å²) in [5.74, 6) is -0.120. The lowest BCUT2D eigenvalue weighted by atomic mass is 9.91. The second kappa shape index (κ2) is 5.51. The van der Waals surface area contributed by atoms with E-state index in [9.17, 15) is 4.79 Å². The lowest BCUT2D eigenvalue weighted by molar-refractivity contribution is 0.0516. The first-order valence-corrected chi connectivity index (χ1v) is 6.74. The van der Waals surface area contributed by atoms with Gasteiger partial charge in [-0.15, -0.1) is 0 Å². The van der Waals surface area contributed by atoms with Crippen LogP contribution in [0.4, 0.5) is 0 Å². The molecule has 100 valence electrons. The van der Waals surface area contributed by atoms with E-state index in [4.69, 9.17) is 28.3 Å². The Labute approximate surface area is 116 Å². The Morgan fingerprint density at radius 3 is 2.61 bits per heavy atom. The minimum atomic E-state index is -0.120. The zero-order valence-electron chi connectivity index (χ0n) is 10.2. The molecule has 2 rings (SSSR count). The van der Waals surface area contributed by atoms with Gasteiger partial charge in [0.15, 0.2) is 0 Å². The number of carbonyl (C=O) groups excluding carboxylic acids is 1. The predicted octanol–water partition coefficient (Wildman–Crippen LogP) is 2.32. The van der Waals surface area contributed by atoms with Crippen molar-refractivity contribution in [2.75, 3.05) is 13.2 Å². The standard InChI is InChI=1S/C12H16Cl2N2O2/c1-15-10(7-9(13)11(15)14)12(18)16(5-6-17)8-3-2-4-8/h7-8,17H,2-6H2,1H3. The number of amides is 1. The van der Waals surface area contributed by atoms with Crippen LogP contribution in [0.3, 0.4) is 0 Å². The quantitative estimate of drug-likeness (QED) is 0.925. The first kappa shape index (κ1) is 13.7. The lowest BCUT2D eigenvalue weighted by Gasteiger charge is -2.37. The summed E-state index contributed by atoms with van der Waals surface area (Å²) in [5.41, 5.74) is 0.463. The van der Waals surface area contributed by atoms with E-state index in [-0.39, 0.29) is 18.6 Å². The molecule has 1 aromatic heterocycles. The van der Waals surface area contributed by atoms with Crippen LogP contribution >= 0.6 is 23.2 Å². The van der Waals surface area contributed by atoms with Crippen molar-refractivity contribution in [1.29, 1.82) is 0 Å². The van der Waals surface area contributed by atoms with Gasteiger partial charge in [-0.25, -0.2) is 0 Å². The smallest absolute Gasteiger partial charge is 0.270 e. The fraction of sp³-hybridized carbons (Fsp3) is 0.583. The molecule has 0 aromatic carbocycles. The first-order valence-electron chi connectivity index (χ1n) is 5.98. The van der Waals surface area contributed by atoms with E-state index in [1.807, 2.05) is 0 Å². The van der Waals surface area contributed by atoms with Crippen LogP contribution in [-0.2, 0) is 7.05 Å². The third-order valence-electron chi connectivity index (χ3n) is 3.45. The third kappa shape index (κ3) is 2.37. The van der Waals surface area contributed by atoms with Gasteiger partial charge in [0, 0.05) is 19.6 Å². The van der Waals surface area contributed by atoms with Gasteiger partial charge < -0.3 is 14.6 Å². The van der Waals surface area contributed by atoms with Crippen molar-refractivity contribution in [3.8, 4) is 0 Å². The Hall–Kier alpha value is -0.710. The van der Waals surface area contributed by atoms with Gasteiger partial charge in [-0.3, -0.25) is 4.79 Å². The predicted molar refractivity (Wildman–Crippen MR) is 71.2 cm³/mol. The number of carbonyl (C=O) groups is 1. The first-order chi connectivity index (χ1) is 8.56. The van der Waals surface area contributed by atoms with Crippen LogP contribution in [0.25, 0.3) is 0 Å². The molecular formula is C12H16Cl2N2O2. The van der Waals surface area contributed by atoms with E-state index in [1.165, 1.54) is 0 Å². The highest BCUT2D eigenvalue weighted by Crippen LogP contribution is 2.29. The fourth-order valence-electron chi connectivity index (χ4n) is 2.15. The average Bonchev–Trinajstić information content (AvgIpc) is 2.53. The van der Waals surface area contributed by atoms with Gasteiger partial charge in [-0.2, -0.15) is 0 Å². The van der Waals surface area contributed by atoms with Crippen molar-refractivity contribution in [1.82, 2.24) is 9.47 Å². The Balaban J connectivity index is 2.24. The minimum Gasteiger partial charge on any atom is -0.395 e. The van der Waals surface area contributed by atoms with Crippen molar-refractivity contribution in [2.24, 2.45) is 7.05 Å². The summed E-state index contributed by atoms with van der Waals surface area (Å²) < 4.78 is 1.58. The van der Waals surface area contributed by atoms with Gasteiger partial charge >= 0.3 is 0 Å². The van der Waals surface area contributed by atoms with Crippen LogP contribution < -0.4 is 0 Å². The van der Waals surface area contributed by atoms with E-state index < -0.39 is 0 Å². The number of nitrogens with zero attached hydrogens (tertiary/aromatic N) is 2. The second-order valence-corrected chi connectivity index (χ2v) is 5.30. The topological polar surface area (TPSA) is 45.5 Å². The van der Waals surface area contributed by atoms with Crippen LogP contribution in [0.5, 0.6) is 0 Å². The Kier molecular flexibility index (Phi) is 4.20. The van der Waals surface area contributed by atoms with Crippen LogP contribution in [-0.4, -0.2) is 39.7 Å². The van der Waals surface area contributed by atoms with Crippen LogP contribution in [0, 0.1) is 0 Å². The summed E-state index contributed by atoms with van der Waals surface area (Å²) in [5, 5.41) is 9.81. The van der Waals surface area contributed by atoms with E-state index >= 15 is 0 Å². The van der Waals surface area contributed by atoms with E-state index in [1.54, 1.807) is 22.6 Å². The number of aliphatic hydroxyl groups is 1. The molecule has 1 N–H and O–H groups in total. The molecule has 0 spiro atoms. The van der Waals surface area contributed by atoms with Crippen molar-refractivity contribution in [2.45, 2.75) is 25.3 Å². The highest BCUT2D eigenvalue weighted by atomic mass is 35.5. The third-order valence-corrected chi connectivity index (χ3v) is 4.29. The molecule has 0 aliphatic heterocycles. The van der Waals surface area contributed by atoms with Gasteiger partial charge in [0.2, 0.25) is 0 Å². The molecule has 4 nitrogen and oxygen atoms in total. The summed E-state index contributed by atoms with van der Waals surface area (Å²) in [6, 6.07) is 1.81. The molecular weight excluding hydrogens is 275 g/mol. The maximum absolute atomic E-state index is 12.4. The van der Waals surface area contributed by atoms with Gasteiger partial charge in [0.1, 0.15) is 10.8 Å². The van der Waals surface area contributed by atoms with Crippen molar-refractivity contribution >= 4 is 29.1 Å². The molecule has 1 fully saturated rings. The summed E-state index contributed by atoms with van der Waals surface area (Å²) in [6.45, 7) is 0.318. The number of halogens is 2. The fourth-order valence-corrected chi connectivity index (χ4v) is 2.53. The van der Waals surface area contributed by atoms with Gasteiger partial charge in [0.25, 0.3) is 5.91 Å². The van der Waals surface area contributed by atoms with E-state index in [0.29, 0.717) is 22.4 Å². The van der Waals surface area contributed by atoms with Crippen molar-refractivity contribution in [3.05, 3.63) is 21.9 Å². The maximum Gasteiger partial charge on any atom is 0.270 e. The number of aromatic nitrogens is 1. The van der Waals surface area contributed by atoms with Gasteiger partial charge in [0.05, 0.1) is 11.6 Å². The molecule has 0 radical (unpaired) electrons. The molecule has 1 amide bonds. The van der Waals surface area contributed by atoms with E-state index in [2.05, 4.69) is 0 Å². The summed E-state index contributed by atoms with van der Waals surface area (Å²) in [7, 11) is 1.71. The normalized spacial score (nSPS) is 15.6. The summed E-state index contributed by atoms with van der Waals surface area (Å²) in [6.07, 6.45) is 3.13. The van der Waals surface area contributed by atoms with Crippen LogP contribution in [0.1, 0.15) is 29.8 Å². The lowest BCUT2D eigenvalue weighted by Crippen LogP contribution is -2.46. The highest BCUT2D eigenvalue weighted by molar-refractivity contribution is 6.41.